The van der Waals surface area contributed by atoms with Crippen LogP contribution in [0, 0.1) is 5.92 Å². The number of hydrogen-bond donors (Lipinski definition) is 3. The Morgan fingerprint density at radius 3 is 2.44 bits per heavy atom. The van der Waals surface area contributed by atoms with E-state index in [1.165, 1.54) is 5.56 Å². The van der Waals surface area contributed by atoms with Crippen LogP contribution < -0.4 is 10.6 Å². The van der Waals surface area contributed by atoms with Crippen LogP contribution in [0.25, 0.3) is 0 Å². The van der Waals surface area contributed by atoms with E-state index in [-0.39, 0.29) is 24.2 Å². The van der Waals surface area contributed by atoms with Gasteiger partial charge in [0.05, 0.1) is 10.7 Å². The molecule has 0 atom stereocenters. The number of rotatable bonds is 7. The van der Waals surface area contributed by atoms with Crippen molar-refractivity contribution in [2.45, 2.75) is 38.0 Å². The molecule has 1 amide bonds. The number of carbonyl (C=O) groups is 2. The molecule has 0 spiro atoms. The lowest BCUT2D eigenvalue weighted by molar-refractivity contribution is -0.138. The van der Waals surface area contributed by atoms with E-state index in [0.29, 0.717) is 22.3 Å². The van der Waals surface area contributed by atoms with Crippen molar-refractivity contribution in [3.05, 3.63) is 65.0 Å². The van der Waals surface area contributed by atoms with E-state index < -0.39 is 11.9 Å². The predicted molar refractivity (Wildman–Crippen MR) is 120 cm³/mol. The Morgan fingerprint density at radius 1 is 1.03 bits per heavy atom. The highest BCUT2D eigenvalue weighted by molar-refractivity contribution is 6.33. The van der Waals surface area contributed by atoms with Crippen molar-refractivity contribution < 1.29 is 19.1 Å². The second kappa shape index (κ2) is 9.82. The predicted octanol–water partition coefficient (Wildman–Crippen LogP) is 5.47. The van der Waals surface area contributed by atoms with Gasteiger partial charge in [-0.25, -0.2) is 0 Å². The molecular weight excluding hydrogens is 432 g/mol. The quantitative estimate of drug-likeness (QED) is 0.433. The first kappa shape index (κ1) is 21.8. The topological polar surface area (TPSA) is 117 Å². The smallest absolute Gasteiger partial charge is 0.320 e. The van der Waals surface area contributed by atoms with Gasteiger partial charge in [-0.2, -0.15) is 0 Å². The van der Waals surface area contributed by atoms with E-state index in [2.05, 4.69) is 20.8 Å². The van der Waals surface area contributed by atoms with Crippen LogP contribution in [0.4, 0.5) is 17.4 Å². The van der Waals surface area contributed by atoms with Crippen molar-refractivity contribution in [1.29, 1.82) is 0 Å². The third-order valence-electron chi connectivity index (χ3n) is 5.68. The highest BCUT2D eigenvalue weighted by Gasteiger charge is 2.24. The lowest BCUT2D eigenvalue weighted by atomic mass is 9.77. The van der Waals surface area contributed by atoms with Gasteiger partial charge in [0.1, 0.15) is 0 Å². The lowest BCUT2D eigenvalue weighted by Gasteiger charge is -2.28. The van der Waals surface area contributed by atoms with E-state index in [0.717, 1.165) is 25.7 Å². The standard InChI is InChI=1S/C23H23ClN4O4/c24-18-3-1-2-4-19(18)26-23-28-27-22(32-23)21(31)25-17-11-9-16(10-12-17)15-7-5-14(6-8-15)13-20(29)30/h1-4,9-12,14-15H,5-8,13H2,(H,25,31)(H,26,28)(H,29,30). The van der Waals surface area contributed by atoms with Gasteiger partial charge in [0, 0.05) is 12.1 Å². The summed E-state index contributed by atoms with van der Waals surface area (Å²) in [5, 5.41) is 22.7. The van der Waals surface area contributed by atoms with Crippen molar-refractivity contribution >= 4 is 40.9 Å². The number of benzene rings is 2. The summed E-state index contributed by atoms with van der Waals surface area (Å²) in [7, 11) is 0. The maximum atomic E-state index is 12.4. The van der Waals surface area contributed by atoms with Gasteiger partial charge in [0.25, 0.3) is 0 Å². The summed E-state index contributed by atoms with van der Waals surface area (Å²) < 4.78 is 5.39. The summed E-state index contributed by atoms with van der Waals surface area (Å²) in [5.74, 6) is -0.707. The normalized spacial score (nSPS) is 18.2. The summed E-state index contributed by atoms with van der Waals surface area (Å²) >= 11 is 6.09. The van der Waals surface area contributed by atoms with Crippen molar-refractivity contribution in [3.8, 4) is 0 Å². The molecular formula is C23H23ClN4O4. The Balaban J connectivity index is 1.32. The molecule has 0 bridgehead atoms. The van der Waals surface area contributed by atoms with E-state index in [4.69, 9.17) is 21.1 Å². The van der Waals surface area contributed by atoms with Gasteiger partial charge >= 0.3 is 23.8 Å². The van der Waals surface area contributed by atoms with Crippen molar-refractivity contribution in [1.82, 2.24) is 10.2 Å². The van der Waals surface area contributed by atoms with Gasteiger partial charge in [0.15, 0.2) is 0 Å². The summed E-state index contributed by atoms with van der Waals surface area (Å²) in [6, 6.07) is 14.8. The van der Waals surface area contributed by atoms with Gasteiger partial charge in [-0.3, -0.25) is 9.59 Å². The van der Waals surface area contributed by atoms with Crippen molar-refractivity contribution in [3.63, 3.8) is 0 Å². The molecule has 0 saturated heterocycles. The third-order valence-corrected chi connectivity index (χ3v) is 6.01. The Kier molecular flexibility index (Phi) is 6.70. The molecule has 1 fully saturated rings. The fourth-order valence-electron chi connectivity index (χ4n) is 4.01. The van der Waals surface area contributed by atoms with Gasteiger partial charge < -0.3 is 20.2 Å². The SMILES string of the molecule is O=C(O)CC1CCC(c2ccc(NC(=O)c3nnc(Nc4ccccc4Cl)o3)cc2)CC1. The summed E-state index contributed by atoms with van der Waals surface area (Å²) in [6.07, 6.45) is 4.07. The second-order valence-corrected chi connectivity index (χ2v) is 8.32. The van der Waals surface area contributed by atoms with Crippen LogP contribution in [0.15, 0.2) is 52.9 Å². The first-order valence-corrected chi connectivity index (χ1v) is 10.8. The highest BCUT2D eigenvalue weighted by Crippen LogP contribution is 2.37. The summed E-state index contributed by atoms with van der Waals surface area (Å²) in [6.45, 7) is 0. The number of aromatic nitrogens is 2. The molecule has 1 aromatic heterocycles. The third kappa shape index (κ3) is 5.45. The van der Waals surface area contributed by atoms with Crippen LogP contribution >= 0.6 is 11.6 Å². The molecule has 32 heavy (non-hydrogen) atoms. The van der Waals surface area contributed by atoms with Crippen LogP contribution in [0.2, 0.25) is 5.02 Å². The Labute approximate surface area is 190 Å². The maximum Gasteiger partial charge on any atom is 0.320 e. The molecule has 1 heterocycles. The number of carboxylic acids is 1. The van der Waals surface area contributed by atoms with Crippen LogP contribution in [0.5, 0.6) is 0 Å². The molecule has 166 valence electrons. The van der Waals surface area contributed by atoms with Crippen LogP contribution in [-0.2, 0) is 4.79 Å². The van der Waals surface area contributed by atoms with E-state index in [9.17, 15) is 9.59 Å². The molecule has 1 saturated carbocycles. The second-order valence-electron chi connectivity index (χ2n) is 7.91. The molecule has 9 heteroatoms. The number of carbonyl (C=O) groups excluding carboxylic acids is 1. The van der Waals surface area contributed by atoms with Crippen LogP contribution in [0.3, 0.4) is 0 Å². The minimum Gasteiger partial charge on any atom is -0.481 e. The molecule has 8 nitrogen and oxygen atoms in total. The molecule has 3 N–H and O–H groups in total. The first-order valence-electron chi connectivity index (χ1n) is 10.5. The number of aliphatic carboxylic acids is 1. The molecule has 1 aliphatic rings. The maximum absolute atomic E-state index is 12.4. The minimum absolute atomic E-state index is 0.0668. The zero-order valence-electron chi connectivity index (χ0n) is 17.3. The molecule has 2 aromatic carbocycles. The number of hydrogen-bond acceptors (Lipinski definition) is 6. The number of halogens is 1. The number of nitrogens with one attached hydrogen (secondary N) is 2. The molecule has 0 unspecified atom stereocenters. The van der Waals surface area contributed by atoms with E-state index in [1.54, 1.807) is 18.2 Å². The van der Waals surface area contributed by atoms with E-state index in [1.807, 2.05) is 30.3 Å². The number of nitrogens with zero attached hydrogens (tertiary/aromatic N) is 2. The zero-order valence-corrected chi connectivity index (χ0v) is 18.0. The Morgan fingerprint density at radius 2 is 1.75 bits per heavy atom. The summed E-state index contributed by atoms with van der Waals surface area (Å²) in [4.78, 5) is 23.3. The average Bonchev–Trinajstić information content (AvgIpc) is 3.25. The van der Waals surface area contributed by atoms with Gasteiger partial charge in [0.2, 0.25) is 0 Å². The van der Waals surface area contributed by atoms with Crippen LogP contribution in [0.1, 0.15) is 54.3 Å². The number of para-hydroxylation sites is 1. The zero-order chi connectivity index (χ0) is 22.5. The average molecular weight is 455 g/mol. The van der Waals surface area contributed by atoms with Crippen molar-refractivity contribution in [2.24, 2.45) is 5.92 Å². The monoisotopic (exact) mass is 454 g/mol. The fourth-order valence-corrected chi connectivity index (χ4v) is 4.20. The molecule has 3 aromatic rings. The van der Waals surface area contributed by atoms with Crippen LogP contribution in [-0.4, -0.2) is 27.2 Å². The van der Waals surface area contributed by atoms with Gasteiger partial charge in [-0.1, -0.05) is 41.0 Å². The van der Waals surface area contributed by atoms with E-state index >= 15 is 0 Å². The molecule has 0 radical (unpaired) electrons. The summed E-state index contributed by atoms with van der Waals surface area (Å²) in [5.41, 5.74) is 2.41. The van der Waals surface area contributed by atoms with Gasteiger partial charge in [-0.05, 0) is 67.3 Å². The first-order chi connectivity index (χ1) is 15.5. The number of anilines is 3. The fraction of sp³-hybridized carbons (Fsp3) is 0.304. The van der Waals surface area contributed by atoms with Gasteiger partial charge in [-0.15, -0.1) is 5.10 Å². The number of amides is 1. The minimum atomic E-state index is -0.721. The number of carboxylic acid groups (broad SMARTS) is 1. The highest BCUT2D eigenvalue weighted by atomic mass is 35.5. The molecule has 1 aliphatic carbocycles. The molecule has 4 rings (SSSR count). The Hall–Kier alpha value is -3.39. The Bertz CT molecular complexity index is 1090. The largest absolute Gasteiger partial charge is 0.481 e. The lowest BCUT2D eigenvalue weighted by Crippen LogP contribution is -2.16. The van der Waals surface area contributed by atoms with Crippen molar-refractivity contribution in [2.75, 3.05) is 10.6 Å². The molecule has 0 aliphatic heterocycles.